The summed E-state index contributed by atoms with van der Waals surface area (Å²) in [6.45, 7) is 2.29. The van der Waals surface area contributed by atoms with Gasteiger partial charge in [-0.2, -0.15) is 0 Å². The van der Waals surface area contributed by atoms with Crippen molar-refractivity contribution in [3.8, 4) is 0 Å². The summed E-state index contributed by atoms with van der Waals surface area (Å²) < 4.78 is 0. The van der Waals surface area contributed by atoms with Gasteiger partial charge in [0, 0.05) is 6.42 Å². The van der Waals surface area contributed by atoms with Gasteiger partial charge in [-0.3, -0.25) is 4.79 Å². The number of hydrogen-bond donors (Lipinski definition) is 0. The first kappa shape index (κ1) is 23.4. The van der Waals surface area contributed by atoms with E-state index in [0.717, 1.165) is 12.8 Å². The minimum atomic E-state index is 0.359. The highest BCUT2D eigenvalue weighted by Crippen LogP contribution is 2.21. The average Bonchev–Trinajstić information content (AvgIpc) is 2.64. The average molecular weight is 363 g/mol. The lowest BCUT2D eigenvalue weighted by molar-refractivity contribution is -0.115. The topological polar surface area (TPSA) is 17.1 Å². The number of hydrogen-bond acceptors (Lipinski definition) is 1. The molecule has 0 aromatic heterocycles. The highest BCUT2D eigenvalue weighted by atomic mass is 16.1. The first-order valence-electron chi connectivity index (χ1n) is 12.0. The molecule has 1 aliphatic rings. The summed E-state index contributed by atoms with van der Waals surface area (Å²) in [5.41, 5.74) is 1.42. The van der Waals surface area contributed by atoms with Crippen molar-refractivity contribution in [3.63, 3.8) is 0 Å². The van der Waals surface area contributed by atoms with E-state index in [9.17, 15) is 4.79 Å². The molecule has 0 unspecified atom stereocenters. The fraction of sp³-hybridized carbons (Fsp3) is 0.880. The number of rotatable bonds is 18. The third-order valence-corrected chi connectivity index (χ3v) is 5.89. The SMILES string of the molecule is CCCCCCCCCCCCCCCCCCCC1=CC(=O)CCC1. The van der Waals surface area contributed by atoms with Crippen LogP contribution in [0.5, 0.6) is 0 Å². The molecular weight excluding hydrogens is 316 g/mol. The molecule has 0 atom stereocenters. The second kappa shape index (κ2) is 17.8. The summed E-state index contributed by atoms with van der Waals surface area (Å²) >= 11 is 0. The maximum absolute atomic E-state index is 11.4. The van der Waals surface area contributed by atoms with Gasteiger partial charge in [0.05, 0.1) is 0 Å². The Labute approximate surface area is 164 Å². The molecular formula is C25H46O. The Kier molecular flexibility index (Phi) is 16.1. The van der Waals surface area contributed by atoms with Crippen molar-refractivity contribution >= 4 is 5.78 Å². The monoisotopic (exact) mass is 362 g/mol. The smallest absolute Gasteiger partial charge is 0.155 e. The van der Waals surface area contributed by atoms with Crippen molar-refractivity contribution < 1.29 is 4.79 Å². The second-order valence-corrected chi connectivity index (χ2v) is 8.53. The highest BCUT2D eigenvalue weighted by Gasteiger charge is 2.08. The van der Waals surface area contributed by atoms with Gasteiger partial charge in [-0.25, -0.2) is 0 Å². The van der Waals surface area contributed by atoms with E-state index in [4.69, 9.17) is 0 Å². The summed E-state index contributed by atoms with van der Waals surface area (Å²) in [5, 5.41) is 0. The zero-order valence-electron chi connectivity index (χ0n) is 17.8. The molecule has 152 valence electrons. The van der Waals surface area contributed by atoms with Crippen LogP contribution in [0.15, 0.2) is 11.6 Å². The molecule has 0 amide bonds. The summed E-state index contributed by atoms with van der Waals surface area (Å²) in [7, 11) is 0. The van der Waals surface area contributed by atoms with Crippen molar-refractivity contribution in [1.29, 1.82) is 0 Å². The van der Waals surface area contributed by atoms with Gasteiger partial charge >= 0.3 is 0 Å². The lowest BCUT2D eigenvalue weighted by atomic mass is 9.94. The number of allylic oxidation sites excluding steroid dienone is 2. The fourth-order valence-corrected chi connectivity index (χ4v) is 4.14. The molecule has 0 heterocycles. The minimum absolute atomic E-state index is 0.359. The standard InChI is InChI=1S/C25H46O/c1-2-3-4-5-6-7-8-9-10-11-12-13-14-15-16-17-18-20-24-21-19-22-25(26)23-24/h23H,2-22H2,1H3. The van der Waals surface area contributed by atoms with E-state index in [1.807, 2.05) is 6.08 Å². The molecule has 0 aliphatic heterocycles. The van der Waals surface area contributed by atoms with Crippen molar-refractivity contribution in [2.24, 2.45) is 0 Å². The lowest BCUT2D eigenvalue weighted by Crippen LogP contribution is -2.02. The van der Waals surface area contributed by atoms with Crippen molar-refractivity contribution in [1.82, 2.24) is 0 Å². The normalized spacial score (nSPS) is 14.7. The zero-order chi connectivity index (χ0) is 18.7. The molecule has 0 saturated carbocycles. The molecule has 1 aliphatic carbocycles. The maximum Gasteiger partial charge on any atom is 0.155 e. The summed E-state index contributed by atoms with van der Waals surface area (Å²) in [6, 6.07) is 0. The van der Waals surface area contributed by atoms with Crippen LogP contribution in [-0.4, -0.2) is 5.78 Å². The van der Waals surface area contributed by atoms with Crippen molar-refractivity contribution in [3.05, 3.63) is 11.6 Å². The van der Waals surface area contributed by atoms with E-state index in [2.05, 4.69) is 6.92 Å². The van der Waals surface area contributed by atoms with Gasteiger partial charge in [0.2, 0.25) is 0 Å². The summed E-state index contributed by atoms with van der Waals surface area (Å²) in [6.07, 6.45) is 30.4. The molecule has 0 aromatic rings. The molecule has 0 spiro atoms. The van der Waals surface area contributed by atoms with Crippen LogP contribution in [0.25, 0.3) is 0 Å². The van der Waals surface area contributed by atoms with E-state index < -0.39 is 0 Å². The molecule has 1 rings (SSSR count). The number of ketones is 1. The Morgan fingerprint density at radius 3 is 1.46 bits per heavy atom. The largest absolute Gasteiger partial charge is 0.295 e. The Hall–Kier alpha value is -0.590. The third kappa shape index (κ3) is 14.6. The summed E-state index contributed by atoms with van der Waals surface area (Å²) in [5.74, 6) is 0.359. The third-order valence-electron chi connectivity index (χ3n) is 5.89. The number of carbonyl (C=O) groups is 1. The van der Waals surface area contributed by atoms with E-state index in [1.54, 1.807) is 0 Å². The molecule has 1 heteroatoms. The first-order valence-corrected chi connectivity index (χ1v) is 12.0. The van der Waals surface area contributed by atoms with Crippen LogP contribution in [0.3, 0.4) is 0 Å². The van der Waals surface area contributed by atoms with Gasteiger partial charge in [-0.1, -0.05) is 115 Å². The minimum Gasteiger partial charge on any atom is -0.295 e. The molecule has 0 fully saturated rings. The van der Waals surface area contributed by atoms with Gasteiger partial charge < -0.3 is 0 Å². The Bertz CT molecular complexity index is 355. The molecule has 0 aromatic carbocycles. The van der Waals surface area contributed by atoms with Crippen LogP contribution < -0.4 is 0 Å². The van der Waals surface area contributed by atoms with E-state index in [0.29, 0.717) is 5.78 Å². The molecule has 1 nitrogen and oxygen atoms in total. The predicted octanol–water partition coefficient (Wildman–Crippen LogP) is 8.71. The Morgan fingerprint density at radius 1 is 0.615 bits per heavy atom. The lowest BCUT2D eigenvalue weighted by Gasteiger charge is -2.11. The Morgan fingerprint density at radius 2 is 1.04 bits per heavy atom. The van der Waals surface area contributed by atoms with E-state index in [1.165, 1.54) is 128 Å². The van der Waals surface area contributed by atoms with Crippen LogP contribution in [0.1, 0.15) is 142 Å². The van der Waals surface area contributed by atoms with Crippen LogP contribution in [0.4, 0.5) is 0 Å². The molecule has 0 N–H and O–H groups in total. The maximum atomic E-state index is 11.4. The van der Waals surface area contributed by atoms with Gasteiger partial charge in [-0.15, -0.1) is 0 Å². The molecule has 0 bridgehead atoms. The summed E-state index contributed by atoms with van der Waals surface area (Å²) in [4.78, 5) is 11.4. The van der Waals surface area contributed by atoms with Crippen molar-refractivity contribution in [2.75, 3.05) is 0 Å². The second-order valence-electron chi connectivity index (χ2n) is 8.53. The quantitative estimate of drug-likeness (QED) is 0.223. The molecule has 0 radical (unpaired) electrons. The highest BCUT2D eigenvalue weighted by molar-refractivity contribution is 5.91. The molecule has 26 heavy (non-hydrogen) atoms. The predicted molar refractivity (Wildman–Crippen MR) is 116 cm³/mol. The Balaban J connectivity index is 1.71. The van der Waals surface area contributed by atoms with Crippen molar-refractivity contribution in [2.45, 2.75) is 142 Å². The zero-order valence-corrected chi connectivity index (χ0v) is 17.8. The van der Waals surface area contributed by atoms with Gasteiger partial charge in [0.15, 0.2) is 5.78 Å². The van der Waals surface area contributed by atoms with E-state index in [-0.39, 0.29) is 0 Å². The molecule has 0 saturated heterocycles. The van der Waals surface area contributed by atoms with Gasteiger partial charge in [-0.05, 0) is 31.8 Å². The number of unbranched alkanes of at least 4 members (excludes halogenated alkanes) is 16. The number of carbonyl (C=O) groups excluding carboxylic acids is 1. The fourth-order valence-electron chi connectivity index (χ4n) is 4.14. The first-order chi connectivity index (χ1) is 12.8. The van der Waals surface area contributed by atoms with Crippen LogP contribution in [0, 0.1) is 0 Å². The van der Waals surface area contributed by atoms with Crippen LogP contribution >= 0.6 is 0 Å². The van der Waals surface area contributed by atoms with E-state index >= 15 is 0 Å². The van der Waals surface area contributed by atoms with Crippen LogP contribution in [0.2, 0.25) is 0 Å². The van der Waals surface area contributed by atoms with Gasteiger partial charge in [0.1, 0.15) is 0 Å². The van der Waals surface area contributed by atoms with Gasteiger partial charge in [0.25, 0.3) is 0 Å². The van der Waals surface area contributed by atoms with Crippen LogP contribution in [-0.2, 0) is 4.79 Å².